The molecule has 0 saturated carbocycles. The summed E-state index contributed by atoms with van der Waals surface area (Å²) in [5.74, 6) is 0.910. The Morgan fingerprint density at radius 3 is 2.47 bits per heavy atom. The van der Waals surface area contributed by atoms with Crippen molar-refractivity contribution in [2.75, 3.05) is 33.8 Å². The number of amides is 1. The normalized spacial score (nSPS) is 14.8. The Kier molecular flexibility index (Phi) is 7.40. The third-order valence-corrected chi connectivity index (χ3v) is 6.80. The van der Waals surface area contributed by atoms with Crippen LogP contribution < -0.4 is 14.9 Å². The average Bonchev–Trinajstić information content (AvgIpc) is 3.19. The maximum absolute atomic E-state index is 13.7. The molecule has 0 N–H and O–H groups in total. The minimum atomic E-state index is -0.608. The van der Waals surface area contributed by atoms with E-state index in [1.54, 1.807) is 29.2 Å². The Morgan fingerprint density at radius 1 is 0.974 bits per heavy atom. The summed E-state index contributed by atoms with van der Waals surface area (Å²) in [5.41, 5.74) is 2.27. The third kappa shape index (κ3) is 4.99. The van der Waals surface area contributed by atoms with Gasteiger partial charge in [0.15, 0.2) is 16.9 Å². The van der Waals surface area contributed by atoms with E-state index >= 15 is 0 Å². The van der Waals surface area contributed by atoms with Crippen LogP contribution in [-0.4, -0.2) is 49.5 Å². The van der Waals surface area contributed by atoms with E-state index in [-0.39, 0.29) is 17.1 Å². The van der Waals surface area contributed by atoms with E-state index in [0.717, 1.165) is 11.1 Å². The quantitative estimate of drug-likeness (QED) is 0.282. The summed E-state index contributed by atoms with van der Waals surface area (Å²) in [7, 11) is 3.89. The molecule has 196 valence electrons. The molecule has 0 fully saturated rings. The maximum Gasteiger partial charge on any atom is 0.290 e. The van der Waals surface area contributed by atoms with Gasteiger partial charge < -0.3 is 23.7 Å². The molecule has 0 unspecified atom stereocenters. The second kappa shape index (κ2) is 10.9. The first-order chi connectivity index (χ1) is 18.4. The zero-order chi connectivity index (χ0) is 26.8. The van der Waals surface area contributed by atoms with Gasteiger partial charge in [0, 0.05) is 18.1 Å². The summed E-state index contributed by atoms with van der Waals surface area (Å²) in [5, 5.41) is 1.11. The van der Waals surface area contributed by atoms with Crippen molar-refractivity contribution >= 4 is 28.5 Å². The molecule has 1 amide bonds. The molecule has 1 atom stereocenters. The largest absolute Gasteiger partial charge is 0.490 e. The summed E-state index contributed by atoms with van der Waals surface area (Å²) >= 11 is 6.00. The molecule has 0 aliphatic carbocycles. The van der Waals surface area contributed by atoms with Gasteiger partial charge in [-0.15, -0.1) is 0 Å². The third-order valence-electron chi connectivity index (χ3n) is 6.55. The topological polar surface area (TPSA) is 72.2 Å². The van der Waals surface area contributed by atoms with E-state index in [9.17, 15) is 9.59 Å². The van der Waals surface area contributed by atoms with Crippen LogP contribution >= 0.6 is 11.6 Å². The lowest BCUT2D eigenvalue weighted by molar-refractivity contribution is 0.0716. The fourth-order valence-electron chi connectivity index (χ4n) is 4.68. The molecule has 7 nitrogen and oxygen atoms in total. The fraction of sp³-hybridized carbons (Fsp3) is 0.267. The second-order valence-corrected chi connectivity index (χ2v) is 9.87. The summed E-state index contributed by atoms with van der Waals surface area (Å²) < 4.78 is 18.0. The van der Waals surface area contributed by atoms with Crippen molar-refractivity contribution in [2.24, 2.45) is 0 Å². The molecule has 0 bridgehead atoms. The molecular weight excluding hydrogens is 504 g/mol. The van der Waals surface area contributed by atoms with Gasteiger partial charge in [-0.25, -0.2) is 0 Å². The van der Waals surface area contributed by atoms with Gasteiger partial charge in [0.2, 0.25) is 5.76 Å². The van der Waals surface area contributed by atoms with Gasteiger partial charge in [-0.05, 0) is 68.5 Å². The average molecular weight is 533 g/mol. The number of para-hydroxylation sites is 1. The van der Waals surface area contributed by atoms with Crippen LogP contribution in [-0.2, 0) is 6.61 Å². The van der Waals surface area contributed by atoms with Gasteiger partial charge in [-0.1, -0.05) is 41.9 Å². The highest BCUT2D eigenvalue weighted by molar-refractivity contribution is 6.30. The lowest BCUT2D eigenvalue weighted by Crippen LogP contribution is -2.35. The van der Waals surface area contributed by atoms with Crippen LogP contribution in [0.25, 0.3) is 11.0 Å². The van der Waals surface area contributed by atoms with E-state index in [4.69, 9.17) is 25.5 Å². The second-order valence-electron chi connectivity index (χ2n) is 9.43. The number of nitrogens with zero attached hydrogens (tertiary/aromatic N) is 2. The molecule has 8 heteroatoms. The summed E-state index contributed by atoms with van der Waals surface area (Å²) in [4.78, 5) is 30.9. The molecule has 0 spiro atoms. The van der Waals surface area contributed by atoms with Crippen LogP contribution in [0.15, 0.2) is 75.9 Å². The van der Waals surface area contributed by atoms with Crippen molar-refractivity contribution in [1.29, 1.82) is 0 Å². The lowest BCUT2D eigenvalue weighted by Gasteiger charge is -2.27. The van der Waals surface area contributed by atoms with Crippen LogP contribution in [0.1, 0.15) is 40.2 Å². The van der Waals surface area contributed by atoms with Crippen molar-refractivity contribution in [3.05, 3.63) is 104 Å². The Balaban J connectivity index is 1.56. The molecule has 5 rings (SSSR count). The number of hydrogen-bond acceptors (Lipinski definition) is 6. The van der Waals surface area contributed by atoms with Crippen LogP contribution in [0.4, 0.5) is 0 Å². The number of ether oxygens (including phenoxy) is 2. The van der Waals surface area contributed by atoms with E-state index in [2.05, 4.69) is 0 Å². The summed E-state index contributed by atoms with van der Waals surface area (Å²) in [6, 6.07) is 19.4. The van der Waals surface area contributed by atoms with Gasteiger partial charge in [-0.3, -0.25) is 9.59 Å². The Bertz CT molecular complexity index is 1530. The first-order valence-electron chi connectivity index (χ1n) is 12.5. The van der Waals surface area contributed by atoms with Crippen molar-refractivity contribution in [3.63, 3.8) is 0 Å². The smallest absolute Gasteiger partial charge is 0.290 e. The first kappa shape index (κ1) is 25.8. The van der Waals surface area contributed by atoms with Gasteiger partial charge in [-0.2, -0.15) is 0 Å². The number of hydrogen-bond donors (Lipinski definition) is 0. The van der Waals surface area contributed by atoms with E-state index in [1.807, 2.05) is 68.4 Å². The lowest BCUT2D eigenvalue weighted by atomic mass is 9.98. The van der Waals surface area contributed by atoms with Crippen LogP contribution in [0.5, 0.6) is 11.5 Å². The van der Waals surface area contributed by atoms with Crippen molar-refractivity contribution in [3.8, 4) is 11.5 Å². The predicted octanol–water partition coefficient (Wildman–Crippen LogP) is 5.53. The van der Waals surface area contributed by atoms with E-state index in [0.29, 0.717) is 59.4 Å². The van der Waals surface area contributed by atoms with Crippen molar-refractivity contribution in [1.82, 2.24) is 9.80 Å². The summed E-state index contributed by atoms with van der Waals surface area (Å²) in [6.07, 6.45) is 0. The van der Waals surface area contributed by atoms with Crippen LogP contribution in [0, 0.1) is 0 Å². The Morgan fingerprint density at radius 2 is 1.74 bits per heavy atom. The number of benzene rings is 3. The number of carbonyl (C=O) groups is 1. The number of fused-ring (bicyclic) bond motifs is 2. The monoisotopic (exact) mass is 532 g/mol. The maximum atomic E-state index is 13.7. The van der Waals surface area contributed by atoms with Gasteiger partial charge in [0.1, 0.15) is 12.2 Å². The molecule has 4 aromatic rings. The fourth-order valence-corrected chi connectivity index (χ4v) is 4.80. The molecule has 1 aliphatic rings. The standard InChI is InChI=1S/C30H29ClN2O5/c1-4-36-25-17-20(11-14-24(25)37-18-19-9-12-21(31)13-10-19)27-26-28(34)22-7-5-6-8-23(22)38-29(26)30(35)33(27)16-15-32(2)3/h5-14,17,27H,4,15-16,18H2,1-3H3/t27-/m1/s1. The van der Waals surface area contributed by atoms with Gasteiger partial charge in [0.25, 0.3) is 5.91 Å². The zero-order valence-electron chi connectivity index (χ0n) is 21.6. The van der Waals surface area contributed by atoms with Gasteiger partial charge >= 0.3 is 0 Å². The summed E-state index contributed by atoms with van der Waals surface area (Å²) in [6.45, 7) is 3.72. The first-order valence-corrected chi connectivity index (χ1v) is 12.9. The minimum Gasteiger partial charge on any atom is -0.490 e. The Labute approximate surface area is 226 Å². The molecule has 1 aliphatic heterocycles. The van der Waals surface area contributed by atoms with Crippen LogP contribution in [0.2, 0.25) is 5.02 Å². The highest BCUT2D eigenvalue weighted by Gasteiger charge is 2.42. The van der Waals surface area contributed by atoms with Gasteiger partial charge in [0.05, 0.1) is 23.6 Å². The van der Waals surface area contributed by atoms with Crippen molar-refractivity contribution < 1.29 is 18.7 Å². The molecule has 1 aromatic heterocycles. The van der Waals surface area contributed by atoms with Crippen LogP contribution in [0.3, 0.4) is 0 Å². The zero-order valence-corrected chi connectivity index (χ0v) is 22.3. The number of carbonyl (C=O) groups excluding carboxylic acids is 1. The highest BCUT2D eigenvalue weighted by atomic mass is 35.5. The minimum absolute atomic E-state index is 0.0958. The Hall–Kier alpha value is -3.81. The molecule has 38 heavy (non-hydrogen) atoms. The molecule has 2 heterocycles. The van der Waals surface area contributed by atoms with Crippen molar-refractivity contribution in [2.45, 2.75) is 19.6 Å². The molecule has 0 radical (unpaired) electrons. The molecule has 3 aromatic carbocycles. The van der Waals surface area contributed by atoms with E-state index < -0.39 is 6.04 Å². The van der Waals surface area contributed by atoms with E-state index in [1.165, 1.54) is 0 Å². The SMILES string of the molecule is CCOc1cc([C@@H]2c3c(oc4ccccc4c3=O)C(=O)N2CCN(C)C)ccc1OCc1ccc(Cl)cc1. The predicted molar refractivity (Wildman–Crippen MR) is 147 cm³/mol. The number of rotatable bonds is 9. The number of halogens is 1. The number of likely N-dealkylation sites (N-methyl/N-ethyl adjacent to an activating group) is 1. The molecular formula is C30H29ClN2O5. The highest BCUT2D eigenvalue weighted by Crippen LogP contribution is 2.41. The molecule has 0 saturated heterocycles.